The number of benzene rings is 2. The summed E-state index contributed by atoms with van der Waals surface area (Å²) in [5.41, 5.74) is 1.16. The molecule has 0 radical (unpaired) electrons. The lowest BCUT2D eigenvalue weighted by molar-refractivity contribution is 0.102. The molecule has 0 aliphatic rings. The Hall–Kier alpha value is -2.20. The van der Waals surface area contributed by atoms with Crippen molar-refractivity contribution in [2.24, 2.45) is 0 Å². The van der Waals surface area contributed by atoms with E-state index in [4.69, 9.17) is 11.6 Å². The smallest absolute Gasteiger partial charge is 0.259 e. The van der Waals surface area contributed by atoms with Gasteiger partial charge in [-0.3, -0.25) is 4.79 Å². The molecule has 0 aromatic heterocycles. The van der Waals surface area contributed by atoms with E-state index in [9.17, 15) is 15.0 Å². The summed E-state index contributed by atoms with van der Waals surface area (Å²) in [6.45, 7) is 1.69. The van der Waals surface area contributed by atoms with Crippen LogP contribution in [0.4, 0.5) is 5.69 Å². The number of nitrogens with one attached hydrogen (secondary N) is 1. The highest BCUT2D eigenvalue weighted by molar-refractivity contribution is 6.31. The van der Waals surface area contributed by atoms with Crippen LogP contribution in [0.3, 0.4) is 0 Å². The van der Waals surface area contributed by atoms with Gasteiger partial charge in [-0.05, 0) is 37.3 Å². The van der Waals surface area contributed by atoms with E-state index < -0.39 is 5.91 Å². The lowest BCUT2D eigenvalue weighted by Crippen LogP contribution is -2.12. The first-order valence-electron chi connectivity index (χ1n) is 5.57. The van der Waals surface area contributed by atoms with Crippen molar-refractivity contribution in [2.45, 2.75) is 6.92 Å². The summed E-state index contributed by atoms with van der Waals surface area (Å²) in [5, 5.41) is 22.2. The second-order valence-electron chi connectivity index (χ2n) is 4.07. The number of amides is 1. The van der Waals surface area contributed by atoms with Crippen molar-refractivity contribution in [3.05, 3.63) is 52.5 Å². The molecule has 0 saturated heterocycles. The van der Waals surface area contributed by atoms with Gasteiger partial charge in [-0.15, -0.1) is 0 Å². The lowest BCUT2D eigenvalue weighted by Gasteiger charge is -2.10. The number of phenolic OH excluding ortho intramolecular Hbond substituents is 2. The minimum atomic E-state index is -0.470. The number of hydrogen-bond acceptors (Lipinski definition) is 3. The SMILES string of the molecule is Cc1c(O)cccc1NC(=O)c1ccc(Cl)cc1O. The first-order chi connectivity index (χ1) is 8.99. The average Bonchev–Trinajstić information content (AvgIpc) is 2.34. The summed E-state index contributed by atoms with van der Waals surface area (Å²) in [6, 6.07) is 9.08. The molecule has 5 heteroatoms. The Balaban J connectivity index is 2.28. The van der Waals surface area contributed by atoms with E-state index in [1.165, 1.54) is 24.3 Å². The van der Waals surface area contributed by atoms with E-state index in [1.54, 1.807) is 19.1 Å². The quantitative estimate of drug-likeness (QED) is 0.789. The van der Waals surface area contributed by atoms with Crippen LogP contribution in [0.15, 0.2) is 36.4 Å². The number of aromatic hydroxyl groups is 2. The summed E-state index contributed by atoms with van der Waals surface area (Å²) in [7, 11) is 0. The normalized spacial score (nSPS) is 10.2. The van der Waals surface area contributed by atoms with Gasteiger partial charge in [-0.1, -0.05) is 17.7 Å². The average molecular weight is 278 g/mol. The van der Waals surface area contributed by atoms with Crippen molar-refractivity contribution in [3.63, 3.8) is 0 Å². The largest absolute Gasteiger partial charge is 0.508 e. The molecule has 0 bridgehead atoms. The molecule has 98 valence electrons. The number of halogens is 1. The monoisotopic (exact) mass is 277 g/mol. The number of phenols is 2. The van der Waals surface area contributed by atoms with E-state index in [-0.39, 0.29) is 17.1 Å². The molecular weight excluding hydrogens is 266 g/mol. The molecule has 3 N–H and O–H groups in total. The molecule has 19 heavy (non-hydrogen) atoms. The highest BCUT2D eigenvalue weighted by Crippen LogP contribution is 2.26. The standard InChI is InChI=1S/C14H12ClNO3/c1-8-11(3-2-4-12(8)17)16-14(19)10-6-5-9(15)7-13(10)18/h2-7,17-18H,1H3,(H,16,19). The molecular formula is C14H12ClNO3. The van der Waals surface area contributed by atoms with E-state index in [0.29, 0.717) is 16.3 Å². The zero-order valence-electron chi connectivity index (χ0n) is 10.1. The van der Waals surface area contributed by atoms with Gasteiger partial charge in [0.25, 0.3) is 5.91 Å². The van der Waals surface area contributed by atoms with Crippen LogP contribution in [0.5, 0.6) is 11.5 Å². The molecule has 0 atom stereocenters. The number of carbonyl (C=O) groups is 1. The minimum Gasteiger partial charge on any atom is -0.508 e. The Labute approximate surface area is 115 Å². The highest BCUT2D eigenvalue weighted by atomic mass is 35.5. The van der Waals surface area contributed by atoms with Gasteiger partial charge < -0.3 is 15.5 Å². The molecule has 2 aromatic rings. The fourth-order valence-electron chi connectivity index (χ4n) is 1.65. The fraction of sp³-hybridized carbons (Fsp3) is 0.0714. The second-order valence-corrected chi connectivity index (χ2v) is 4.50. The van der Waals surface area contributed by atoms with Crippen LogP contribution >= 0.6 is 11.6 Å². The maximum absolute atomic E-state index is 12.0. The molecule has 0 aliphatic carbocycles. The topological polar surface area (TPSA) is 69.6 Å². The third-order valence-corrected chi connectivity index (χ3v) is 2.99. The Morgan fingerprint density at radius 3 is 2.58 bits per heavy atom. The molecule has 4 nitrogen and oxygen atoms in total. The highest BCUT2D eigenvalue weighted by Gasteiger charge is 2.13. The van der Waals surface area contributed by atoms with Crippen LogP contribution < -0.4 is 5.32 Å². The Bertz CT molecular complexity index is 641. The number of hydrogen-bond donors (Lipinski definition) is 3. The molecule has 0 unspecified atom stereocenters. The molecule has 2 aromatic carbocycles. The summed E-state index contributed by atoms with van der Waals surface area (Å²) in [5.74, 6) is -0.566. The first-order valence-corrected chi connectivity index (χ1v) is 5.95. The van der Waals surface area contributed by atoms with E-state index >= 15 is 0 Å². The molecule has 0 heterocycles. The van der Waals surface area contributed by atoms with Gasteiger partial charge in [0.2, 0.25) is 0 Å². The van der Waals surface area contributed by atoms with Gasteiger partial charge in [-0.2, -0.15) is 0 Å². The van der Waals surface area contributed by atoms with E-state index in [1.807, 2.05) is 0 Å². The lowest BCUT2D eigenvalue weighted by atomic mass is 10.1. The minimum absolute atomic E-state index is 0.0955. The zero-order valence-corrected chi connectivity index (χ0v) is 10.9. The number of rotatable bonds is 2. The Morgan fingerprint density at radius 1 is 1.16 bits per heavy atom. The molecule has 0 saturated carbocycles. The van der Waals surface area contributed by atoms with Crippen LogP contribution in [0, 0.1) is 6.92 Å². The van der Waals surface area contributed by atoms with Crippen molar-refractivity contribution in [3.8, 4) is 11.5 Å². The van der Waals surface area contributed by atoms with Gasteiger partial charge in [-0.25, -0.2) is 0 Å². The second kappa shape index (κ2) is 5.20. The van der Waals surface area contributed by atoms with Crippen LogP contribution in [-0.2, 0) is 0 Å². The summed E-state index contributed by atoms with van der Waals surface area (Å²) < 4.78 is 0. The Kier molecular flexibility index (Phi) is 3.62. The maximum Gasteiger partial charge on any atom is 0.259 e. The van der Waals surface area contributed by atoms with Crippen LogP contribution in [0.25, 0.3) is 0 Å². The van der Waals surface area contributed by atoms with Crippen LogP contribution in [0.2, 0.25) is 5.02 Å². The predicted molar refractivity (Wildman–Crippen MR) is 73.9 cm³/mol. The fourth-order valence-corrected chi connectivity index (χ4v) is 1.81. The molecule has 2 rings (SSSR count). The molecule has 0 spiro atoms. The van der Waals surface area contributed by atoms with Gasteiger partial charge in [0.15, 0.2) is 0 Å². The van der Waals surface area contributed by atoms with Crippen molar-refractivity contribution in [2.75, 3.05) is 5.32 Å². The first kappa shape index (κ1) is 13.2. The molecule has 1 amide bonds. The number of carbonyl (C=O) groups excluding carboxylic acids is 1. The summed E-state index contributed by atoms with van der Waals surface area (Å²) >= 11 is 5.70. The Morgan fingerprint density at radius 2 is 1.89 bits per heavy atom. The summed E-state index contributed by atoms with van der Waals surface area (Å²) in [4.78, 5) is 12.0. The van der Waals surface area contributed by atoms with Crippen molar-refractivity contribution < 1.29 is 15.0 Å². The molecule has 0 aliphatic heterocycles. The third-order valence-electron chi connectivity index (χ3n) is 2.76. The predicted octanol–water partition coefficient (Wildman–Crippen LogP) is 3.31. The number of anilines is 1. The third kappa shape index (κ3) is 2.80. The molecule has 0 fully saturated rings. The van der Waals surface area contributed by atoms with E-state index in [0.717, 1.165) is 0 Å². The van der Waals surface area contributed by atoms with Gasteiger partial charge >= 0.3 is 0 Å². The zero-order chi connectivity index (χ0) is 14.0. The van der Waals surface area contributed by atoms with E-state index in [2.05, 4.69) is 5.32 Å². The van der Waals surface area contributed by atoms with Gasteiger partial charge in [0.05, 0.1) is 5.56 Å². The van der Waals surface area contributed by atoms with Gasteiger partial charge in [0.1, 0.15) is 11.5 Å². The van der Waals surface area contributed by atoms with Gasteiger partial charge in [0, 0.05) is 16.3 Å². The maximum atomic E-state index is 12.0. The van der Waals surface area contributed by atoms with Crippen LogP contribution in [0.1, 0.15) is 15.9 Å². The van der Waals surface area contributed by atoms with Crippen molar-refractivity contribution in [1.82, 2.24) is 0 Å². The summed E-state index contributed by atoms with van der Waals surface area (Å²) in [6.07, 6.45) is 0. The van der Waals surface area contributed by atoms with Crippen LogP contribution in [-0.4, -0.2) is 16.1 Å². The van der Waals surface area contributed by atoms with Crippen molar-refractivity contribution >= 4 is 23.2 Å². The van der Waals surface area contributed by atoms with Crippen molar-refractivity contribution in [1.29, 1.82) is 0 Å².